The molecule has 0 saturated carbocycles. The normalized spacial score (nSPS) is 11.3. The van der Waals surface area contributed by atoms with E-state index in [0.29, 0.717) is 28.7 Å². The van der Waals surface area contributed by atoms with Gasteiger partial charge >= 0.3 is 12.1 Å². The second-order valence-electron chi connectivity index (χ2n) is 9.46. The zero-order chi connectivity index (χ0) is 31.5. The summed E-state index contributed by atoms with van der Waals surface area (Å²) in [7, 11) is 4.04. The smallest absolute Gasteiger partial charge is 0.417 e. The maximum absolute atomic E-state index is 16.0. The molecule has 0 unspecified atom stereocenters. The first-order chi connectivity index (χ1) is 20.4. The van der Waals surface area contributed by atoms with Gasteiger partial charge in [0.25, 0.3) is 0 Å². The number of carbonyl (C=O) groups excluding carboxylic acids is 1. The Morgan fingerprint density at radius 1 is 0.884 bits per heavy atom. The second kappa shape index (κ2) is 12.9. The zero-order valence-corrected chi connectivity index (χ0v) is 24.2. The highest BCUT2D eigenvalue weighted by atomic mass is 35.5. The molecule has 0 aliphatic heterocycles. The van der Waals surface area contributed by atoms with Gasteiger partial charge in [0.2, 0.25) is 0 Å². The predicted molar refractivity (Wildman–Crippen MR) is 152 cm³/mol. The van der Waals surface area contributed by atoms with Crippen LogP contribution in [0.25, 0.3) is 11.3 Å². The van der Waals surface area contributed by atoms with E-state index in [4.69, 9.17) is 21.1 Å². The number of rotatable bonds is 9. The SMILES string of the molecule is COC(=O)c1cc(F)c(-c2cc(N(Cc3ccc(OC)cc3)Cc3ccc(OC)cc3)c(F)c(C)c2C(F)(F)F)nc1Cl. The summed E-state index contributed by atoms with van der Waals surface area (Å²) in [6.07, 6.45) is -5.09. The predicted octanol–water partition coefficient (Wildman–Crippen LogP) is 8.02. The molecule has 0 saturated heterocycles. The van der Waals surface area contributed by atoms with Crippen LogP contribution in [0.4, 0.5) is 27.6 Å². The van der Waals surface area contributed by atoms with E-state index in [0.717, 1.165) is 20.1 Å². The Bertz CT molecular complexity index is 1580. The Labute approximate surface area is 249 Å². The van der Waals surface area contributed by atoms with E-state index < -0.39 is 56.9 Å². The van der Waals surface area contributed by atoms with Crippen molar-refractivity contribution in [1.82, 2.24) is 4.98 Å². The number of anilines is 1. The fourth-order valence-corrected chi connectivity index (χ4v) is 4.81. The Morgan fingerprint density at radius 3 is 1.84 bits per heavy atom. The molecule has 1 heterocycles. The number of hydrogen-bond acceptors (Lipinski definition) is 6. The van der Waals surface area contributed by atoms with Gasteiger partial charge in [-0.05, 0) is 60.0 Å². The largest absolute Gasteiger partial charge is 0.497 e. The van der Waals surface area contributed by atoms with Crippen molar-refractivity contribution in [2.24, 2.45) is 0 Å². The molecular formula is C31H26ClF5N2O4. The molecule has 3 aromatic carbocycles. The Kier molecular flexibility index (Phi) is 9.44. The first-order valence-corrected chi connectivity index (χ1v) is 13.1. The van der Waals surface area contributed by atoms with E-state index in [-0.39, 0.29) is 18.8 Å². The topological polar surface area (TPSA) is 60.9 Å². The van der Waals surface area contributed by atoms with E-state index in [9.17, 15) is 18.0 Å². The number of alkyl halides is 3. The average Bonchev–Trinajstić information content (AvgIpc) is 2.98. The highest BCUT2D eigenvalue weighted by molar-refractivity contribution is 6.32. The van der Waals surface area contributed by atoms with Gasteiger partial charge in [-0.2, -0.15) is 13.2 Å². The third kappa shape index (κ3) is 6.83. The Morgan fingerprint density at radius 2 is 1.40 bits per heavy atom. The van der Waals surface area contributed by atoms with Crippen molar-refractivity contribution >= 4 is 23.3 Å². The maximum Gasteiger partial charge on any atom is 0.417 e. The van der Waals surface area contributed by atoms with Crippen molar-refractivity contribution in [3.8, 4) is 22.8 Å². The van der Waals surface area contributed by atoms with E-state index >= 15 is 8.78 Å². The summed E-state index contributed by atoms with van der Waals surface area (Å²) in [4.78, 5) is 17.3. The summed E-state index contributed by atoms with van der Waals surface area (Å²) in [6, 6.07) is 15.3. The van der Waals surface area contributed by atoms with E-state index in [1.807, 2.05) is 0 Å². The maximum atomic E-state index is 16.0. The van der Waals surface area contributed by atoms with Gasteiger partial charge in [-0.25, -0.2) is 18.6 Å². The minimum atomic E-state index is -5.09. The molecule has 0 bridgehead atoms. The number of pyridine rings is 1. The van der Waals surface area contributed by atoms with Crippen LogP contribution in [0.3, 0.4) is 0 Å². The fraction of sp³-hybridized carbons (Fsp3) is 0.226. The van der Waals surface area contributed by atoms with E-state index in [1.165, 1.54) is 19.1 Å². The van der Waals surface area contributed by atoms with Crippen molar-refractivity contribution < 1.29 is 41.0 Å². The fourth-order valence-electron chi connectivity index (χ4n) is 4.60. The molecule has 0 radical (unpaired) electrons. The summed E-state index contributed by atoms with van der Waals surface area (Å²) in [5.41, 5.74) is -3.04. The number of benzene rings is 3. The molecular weight excluding hydrogens is 595 g/mol. The van der Waals surface area contributed by atoms with Crippen molar-refractivity contribution in [3.63, 3.8) is 0 Å². The highest BCUT2D eigenvalue weighted by Crippen LogP contribution is 2.44. The van der Waals surface area contributed by atoms with Gasteiger partial charge in [0.05, 0.1) is 38.1 Å². The molecule has 0 amide bonds. The van der Waals surface area contributed by atoms with Gasteiger partial charge in [-0.15, -0.1) is 0 Å². The van der Waals surface area contributed by atoms with Crippen LogP contribution in [0.1, 0.15) is 32.6 Å². The summed E-state index contributed by atoms with van der Waals surface area (Å²) in [5.74, 6) is -2.28. The van der Waals surface area contributed by atoms with Gasteiger partial charge in [-0.3, -0.25) is 0 Å². The number of carbonyl (C=O) groups is 1. The number of nitrogens with zero attached hydrogens (tertiary/aromatic N) is 2. The first kappa shape index (κ1) is 31.6. The van der Waals surface area contributed by atoms with Gasteiger partial charge in [0, 0.05) is 18.7 Å². The van der Waals surface area contributed by atoms with Crippen molar-refractivity contribution in [3.05, 3.63) is 105 Å². The lowest BCUT2D eigenvalue weighted by Gasteiger charge is -2.28. The number of hydrogen-bond donors (Lipinski definition) is 0. The van der Waals surface area contributed by atoms with Gasteiger partial charge in [0.1, 0.15) is 34.0 Å². The minimum Gasteiger partial charge on any atom is -0.497 e. The molecule has 0 aliphatic rings. The van der Waals surface area contributed by atoms with Gasteiger partial charge in [0.15, 0.2) is 0 Å². The number of esters is 1. The number of methoxy groups -OCH3 is 3. The number of aromatic nitrogens is 1. The second-order valence-corrected chi connectivity index (χ2v) is 9.81. The lowest BCUT2D eigenvalue weighted by Crippen LogP contribution is -2.25. The van der Waals surface area contributed by atoms with Crippen LogP contribution in [-0.2, 0) is 24.0 Å². The lowest BCUT2D eigenvalue weighted by molar-refractivity contribution is -0.137. The highest BCUT2D eigenvalue weighted by Gasteiger charge is 2.39. The van der Waals surface area contributed by atoms with Crippen LogP contribution in [-0.4, -0.2) is 32.3 Å². The molecule has 0 N–H and O–H groups in total. The summed E-state index contributed by atoms with van der Waals surface area (Å²) < 4.78 is 89.4. The molecule has 0 fully saturated rings. The van der Waals surface area contributed by atoms with Crippen LogP contribution in [0.5, 0.6) is 11.5 Å². The molecule has 0 aliphatic carbocycles. The standard InChI is InChI=1S/C31H26ClF5N2O4/c1-17-26(31(35,36)37)22(28-24(33)13-23(29(32)38-28)30(40)43-4)14-25(27(17)34)39(15-18-5-9-20(41-2)10-6-18)16-19-7-11-21(42-3)12-8-19/h5-14H,15-16H2,1-4H3. The molecule has 226 valence electrons. The minimum absolute atomic E-state index is 0.0646. The third-order valence-electron chi connectivity index (χ3n) is 6.76. The summed E-state index contributed by atoms with van der Waals surface area (Å²) in [6.45, 7) is 1.09. The number of halogens is 6. The van der Waals surface area contributed by atoms with E-state index in [2.05, 4.69) is 9.72 Å². The van der Waals surface area contributed by atoms with Crippen molar-refractivity contribution in [1.29, 1.82) is 0 Å². The van der Waals surface area contributed by atoms with E-state index in [1.54, 1.807) is 48.5 Å². The molecule has 43 heavy (non-hydrogen) atoms. The summed E-state index contributed by atoms with van der Waals surface area (Å²) >= 11 is 6.06. The third-order valence-corrected chi connectivity index (χ3v) is 7.05. The molecule has 0 atom stereocenters. The van der Waals surface area contributed by atoms with Crippen LogP contribution in [0.2, 0.25) is 5.15 Å². The average molecular weight is 621 g/mol. The molecule has 1 aromatic heterocycles. The number of ether oxygens (including phenoxy) is 3. The molecule has 4 rings (SSSR count). The van der Waals surface area contributed by atoms with Gasteiger partial charge in [-0.1, -0.05) is 35.9 Å². The molecule has 12 heteroatoms. The zero-order valence-electron chi connectivity index (χ0n) is 23.5. The summed E-state index contributed by atoms with van der Waals surface area (Å²) in [5, 5.41) is -0.576. The van der Waals surface area contributed by atoms with Gasteiger partial charge < -0.3 is 19.1 Å². The lowest BCUT2D eigenvalue weighted by atomic mass is 9.95. The Balaban J connectivity index is 1.94. The quantitative estimate of drug-likeness (QED) is 0.107. The van der Waals surface area contributed by atoms with Crippen LogP contribution < -0.4 is 14.4 Å². The molecule has 0 spiro atoms. The molecule has 4 aromatic rings. The van der Waals surface area contributed by atoms with Crippen LogP contribution in [0.15, 0.2) is 60.7 Å². The van der Waals surface area contributed by atoms with Crippen molar-refractivity contribution in [2.45, 2.75) is 26.2 Å². The first-order valence-electron chi connectivity index (χ1n) is 12.7. The Hall–Kier alpha value is -4.38. The molecule has 6 nitrogen and oxygen atoms in total. The van der Waals surface area contributed by atoms with Crippen molar-refractivity contribution in [2.75, 3.05) is 26.2 Å². The monoisotopic (exact) mass is 620 g/mol. The van der Waals surface area contributed by atoms with Crippen LogP contribution in [0, 0.1) is 18.6 Å². The van der Waals surface area contributed by atoms with Crippen LogP contribution >= 0.6 is 11.6 Å².